The minimum Gasteiger partial charge on any atom is -1.00 e. The van der Waals surface area contributed by atoms with E-state index in [9.17, 15) is 13.2 Å². The van der Waals surface area contributed by atoms with Crippen molar-refractivity contribution in [1.82, 2.24) is 0 Å². The molecule has 306 valence electrons. The maximum absolute atomic E-state index is 11.4. The van der Waals surface area contributed by atoms with Crippen LogP contribution in [-0.4, -0.2) is 11.6 Å². The van der Waals surface area contributed by atoms with E-state index in [0.717, 1.165) is 0 Å². The van der Waals surface area contributed by atoms with Crippen molar-refractivity contribution in [3.63, 3.8) is 0 Å². The topological polar surface area (TPSA) is 0 Å². The molecule has 0 saturated heterocycles. The maximum Gasteiger partial charge on any atom is -0.0178 e. The summed E-state index contributed by atoms with van der Waals surface area (Å²) in [5.41, 5.74) is 10.8. The summed E-state index contributed by atoms with van der Waals surface area (Å²) in [6.07, 6.45) is -4.51. The summed E-state index contributed by atoms with van der Waals surface area (Å²) in [6, 6.07) is 49.2. The summed E-state index contributed by atoms with van der Waals surface area (Å²) in [5, 5.41) is 10.7. The van der Waals surface area contributed by atoms with Crippen LogP contribution in [0.1, 0.15) is 70.2 Å². The summed E-state index contributed by atoms with van der Waals surface area (Å²) in [5.74, 6) is 0. The molecule has 0 radical (unpaired) electrons. The van der Waals surface area contributed by atoms with Gasteiger partial charge in [0.1, 0.15) is 0 Å². The quantitative estimate of drug-likeness (QED) is 0.122. The van der Waals surface area contributed by atoms with E-state index in [2.05, 4.69) is 189 Å². The van der Waals surface area contributed by atoms with Gasteiger partial charge in [0.15, 0.2) is 0 Å². The first-order valence-electron chi connectivity index (χ1n) is 19.8. The van der Waals surface area contributed by atoms with Crippen LogP contribution in [0.3, 0.4) is 0 Å². The molecule has 0 unspecified atom stereocenters. The molecule has 0 aliphatic heterocycles. The fourth-order valence-corrected chi connectivity index (χ4v) is 9.68. The second-order valence-corrected chi connectivity index (χ2v) is 25.8. The Morgan fingerprint density at radius 1 is 0.525 bits per heavy atom. The molecular weight excluding hydrogens is 872 g/mol. The second kappa shape index (κ2) is 19.5. The minimum absolute atomic E-state index is 0. The molecule has 0 heterocycles. The van der Waals surface area contributed by atoms with Crippen LogP contribution in [0.5, 0.6) is 0 Å². The van der Waals surface area contributed by atoms with Crippen molar-refractivity contribution >= 4 is 48.5 Å². The molecule has 0 aliphatic rings. The second-order valence-electron chi connectivity index (χ2n) is 17.4. The van der Waals surface area contributed by atoms with Gasteiger partial charge in [-0.25, -0.2) is 0 Å². The van der Waals surface area contributed by atoms with Crippen LogP contribution in [-0.2, 0) is 34.2 Å². The van der Waals surface area contributed by atoms with Crippen molar-refractivity contribution in [2.75, 3.05) is 0 Å². The number of benzene rings is 6. The van der Waals surface area contributed by atoms with Gasteiger partial charge in [-0.15, -0.1) is 69.1 Å². The SMILES string of the molecule is C[Si](=[Zr+2])CCC(F)(F)F.Cc1c(C(C)(C)C)[cH-]c2cccc(-c3ccc4ccccc4c3)c12.Cc1c(C(C)(C)C)[cH-]c2cccc(-c3ccc4ccccc4c3)c12.[Cl-].[Cl-]. The van der Waals surface area contributed by atoms with Gasteiger partial charge in [0.25, 0.3) is 0 Å². The summed E-state index contributed by atoms with van der Waals surface area (Å²) in [6.45, 7) is 20.2. The molecule has 59 heavy (non-hydrogen) atoms. The summed E-state index contributed by atoms with van der Waals surface area (Å²) >= 11 is 1.29. The Morgan fingerprint density at radius 3 is 1.22 bits per heavy atom. The van der Waals surface area contributed by atoms with Crippen molar-refractivity contribution in [3.05, 3.63) is 156 Å². The third-order valence-corrected chi connectivity index (χ3v) is 13.7. The zero-order chi connectivity index (χ0) is 41.3. The summed E-state index contributed by atoms with van der Waals surface area (Å²) in [4.78, 5) is 0. The van der Waals surface area contributed by atoms with Gasteiger partial charge in [-0.05, 0) is 55.6 Å². The number of aryl methyl sites for hydroxylation is 2. The Balaban J connectivity index is 0.000000211. The van der Waals surface area contributed by atoms with E-state index in [0.29, 0.717) is 6.04 Å². The van der Waals surface area contributed by atoms with E-state index in [4.69, 9.17) is 0 Å². The number of fused-ring (bicyclic) bond motifs is 4. The average molecular weight is 925 g/mol. The Morgan fingerprint density at radius 2 is 0.898 bits per heavy atom. The molecule has 8 aromatic carbocycles. The number of halogens is 5. The van der Waals surface area contributed by atoms with E-state index in [-0.39, 0.29) is 35.6 Å². The average Bonchev–Trinajstić information content (AvgIpc) is 3.71. The van der Waals surface area contributed by atoms with Crippen LogP contribution in [0.2, 0.25) is 12.6 Å². The predicted molar refractivity (Wildman–Crippen MR) is 239 cm³/mol. The number of alkyl halides is 3. The van der Waals surface area contributed by atoms with Gasteiger partial charge in [-0.3, -0.25) is 0 Å². The summed E-state index contributed by atoms with van der Waals surface area (Å²) in [7, 11) is 0. The van der Waals surface area contributed by atoms with Crippen molar-refractivity contribution < 1.29 is 61.3 Å². The van der Waals surface area contributed by atoms with E-state index in [1.165, 1.54) is 111 Å². The van der Waals surface area contributed by atoms with Gasteiger partial charge in [-0.2, -0.15) is 11.1 Å². The first-order chi connectivity index (χ1) is 26.8. The minimum atomic E-state index is -3.93. The van der Waals surface area contributed by atoms with Crippen LogP contribution in [0.25, 0.3) is 65.3 Å². The number of hydrogen-bond donors (Lipinski definition) is 0. The zero-order valence-corrected chi connectivity index (χ0v) is 40.5. The molecule has 0 bridgehead atoms. The first-order valence-corrected chi connectivity index (χ1v) is 25.7. The van der Waals surface area contributed by atoms with E-state index < -0.39 is 18.0 Å². The Labute approximate surface area is 376 Å². The molecule has 0 nitrogen and oxygen atoms in total. The predicted octanol–water partition coefficient (Wildman–Crippen LogP) is 10.1. The molecule has 7 heteroatoms. The fourth-order valence-electron chi connectivity index (χ4n) is 8.10. The van der Waals surface area contributed by atoms with Gasteiger partial charge < -0.3 is 24.8 Å². The van der Waals surface area contributed by atoms with Crippen LogP contribution in [0.4, 0.5) is 13.2 Å². The zero-order valence-electron chi connectivity index (χ0n) is 35.5. The number of hydrogen-bond acceptors (Lipinski definition) is 0. The summed E-state index contributed by atoms with van der Waals surface area (Å²) < 4.78 is 34.3. The molecule has 0 N–H and O–H groups in total. The Kier molecular flexibility index (Phi) is 15.9. The van der Waals surface area contributed by atoms with Crippen molar-refractivity contribution in [1.29, 1.82) is 0 Å². The molecule has 0 saturated carbocycles. The molecule has 0 spiro atoms. The van der Waals surface area contributed by atoms with Gasteiger partial charge in [-0.1, -0.05) is 151 Å². The third-order valence-electron chi connectivity index (χ3n) is 10.9. The normalized spacial score (nSPS) is 11.7. The van der Waals surface area contributed by atoms with Crippen LogP contribution < -0.4 is 24.8 Å². The van der Waals surface area contributed by atoms with E-state index >= 15 is 0 Å². The van der Waals surface area contributed by atoms with Crippen LogP contribution >= 0.6 is 0 Å². The van der Waals surface area contributed by atoms with Crippen molar-refractivity contribution in [2.24, 2.45) is 0 Å². The van der Waals surface area contributed by atoms with Gasteiger partial charge in [0, 0.05) is 0 Å². The largest absolute Gasteiger partial charge is 1.00 e. The fraction of sp³-hybridized carbons (Fsp3) is 0.269. The van der Waals surface area contributed by atoms with E-state index in [1.807, 2.05) is 6.55 Å². The standard InChI is InChI=1S/2C24H23.C4H7F3Si.2ClH.Zr/c2*1-16-22(24(2,3)4)15-20-10-7-11-21(23(16)20)19-13-12-17-8-5-6-9-18(17)14-19;1-8-3-2-4(5,6)7;;;/h2*5-15H,1-4H3;2-3H2,1H3;2*1H;/q2*-1;;;;+2/p-2. The molecular formula is C52H53Cl2F3SiZr-2. The molecule has 0 aliphatic carbocycles. The van der Waals surface area contributed by atoms with Crippen LogP contribution in [0, 0.1) is 13.8 Å². The molecule has 0 amide bonds. The first kappa shape index (κ1) is 48.2. The van der Waals surface area contributed by atoms with Crippen molar-refractivity contribution in [3.8, 4) is 22.3 Å². The molecule has 8 rings (SSSR count). The Hall–Kier alpha value is -3.47. The van der Waals surface area contributed by atoms with Crippen LogP contribution in [0.15, 0.2) is 133 Å². The number of rotatable bonds is 4. The molecule has 8 aromatic rings. The Bertz CT molecular complexity index is 2530. The third kappa shape index (κ3) is 11.5. The maximum atomic E-state index is 11.4. The monoisotopic (exact) mass is 922 g/mol. The smallest absolute Gasteiger partial charge is 0.0178 e. The van der Waals surface area contributed by atoms with E-state index in [1.54, 1.807) is 0 Å². The van der Waals surface area contributed by atoms with Crippen molar-refractivity contribution in [2.45, 2.75) is 91.4 Å². The van der Waals surface area contributed by atoms with Gasteiger partial charge in [0.2, 0.25) is 0 Å². The van der Waals surface area contributed by atoms with Gasteiger partial charge >= 0.3 is 67.1 Å². The molecule has 0 aromatic heterocycles. The molecule has 0 fully saturated rings. The molecule has 0 atom stereocenters. The van der Waals surface area contributed by atoms with Gasteiger partial charge in [0.05, 0.1) is 0 Å².